The van der Waals surface area contributed by atoms with Crippen molar-refractivity contribution >= 4 is 0 Å². The van der Waals surface area contributed by atoms with E-state index >= 15 is 0 Å². The van der Waals surface area contributed by atoms with Crippen LogP contribution in [0.5, 0.6) is 0 Å². The van der Waals surface area contributed by atoms with E-state index in [0.29, 0.717) is 18.1 Å². The summed E-state index contributed by atoms with van der Waals surface area (Å²) >= 11 is 0. The fourth-order valence-corrected chi connectivity index (χ4v) is 2.97. The van der Waals surface area contributed by atoms with E-state index in [4.69, 9.17) is 5.11 Å². The second kappa shape index (κ2) is 7.34. The highest BCUT2D eigenvalue weighted by molar-refractivity contribution is 4.86. The molecule has 2 unspecified atom stereocenters. The summed E-state index contributed by atoms with van der Waals surface area (Å²) in [5.41, 5.74) is 0.385. The summed E-state index contributed by atoms with van der Waals surface area (Å²) in [7, 11) is 2.04. The molecular weight excluding hydrogens is 212 g/mol. The van der Waals surface area contributed by atoms with Crippen LogP contribution in [0.1, 0.15) is 46.0 Å². The highest BCUT2D eigenvalue weighted by atomic mass is 16.2. The highest BCUT2D eigenvalue weighted by Crippen LogP contribution is 2.28. The summed E-state index contributed by atoms with van der Waals surface area (Å²) in [5.74, 6) is 0. The van der Waals surface area contributed by atoms with Gasteiger partial charge in [-0.05, 0) is 51.1 Å². The van der Waals surface area contributed by atoms with Crippen LogP contribution in [0.15, 0.2) is 0 Å². The average molecular weight is 242 g/mol. The molecule has 0 aromatic carbocycles. The van der Waals surface area contributed by atoms with E-state index in [1.165, 1.54) is 32.4 Å². The second-order valence-corrected chi connectivity index (χ2v) is 5.83. The Balaban J connectivity index is 2.47. The van der Waals surface area contributed by atoms with Gasteiger partial charge in [0.25, 0.3) is 0 Å². The van der Waals surface area contributed by atoms with Gasteiger partial charge in [0.2, 0.25) is 0 Å². The van der Waals surface area contributed by atoms with Crippen molar-refractivity contribution in [2.24, 2.45) is 5.41 Å². The first-order chi connectivity index (χ1) is 8.15. The Morgan fingerprint density at radius 2 is 2.24 bits per heavy atom. The van der Waals surface area contributed by atoms with Crippen LogP contribution in [0, 0.1) is 5.41 Å². The van der Waals surface area contributed by atoms with Gasteiger partial charge in [-0.15, -0.1) is 0 Å². The average Bonchev–Trinajstić information content (AvgIpc) is 2.74. The van der Waals surface area contributed by atoms with Crippen LogP contribution in [0.2, 0.25) is 0 Å². The first kappa shape index (κ1) is 14.9. The summed E-state index contributed by atoms with van der Waals surface area (Å²) in [6.45, 7) is 8.54. The van der Waals surface area contributed by atoms with Crippen LogP contribution in [0.3, 0.4) is 0 Å². The van der Waals surface area contributed by atoms with E-state index in [-0.39, 0.29) is 0 Å². The molecule has 2 atom stereocenters. The van der Waals surface area contributed by atoms with Gasteiger partial charge in [-0.1, -0.05) is 13.8 Å². The van der Waals surface area contributed by atoms with E-state index in [1.54, 1.807) is 0 Å². The lowest BCUT2D eigenvalue weighted by atomic mass is 9.86. The third kappa shape index (κ3) is 4.57. The number of aliphatic hydroxyl groups excluding tert-OH is 1. The molecule has 0 aromatic heterocycles. The van der Waals surface area contributed by atoms with Crippen molar-refractivity contribution in [2.75, 3.05) is 33.3 Å². The molecule has 2 N–H and O–H groups in total. The molecule has 1 heterocycles. The third-order valence-corrected chi connectivity index (χ3v) is 4.24. The lowest BCUT2D eigenvalue weighted by Crippen LogP contribution is -2.43. The molecule has 1 rings (SSSR count). The molecule has 3 heteroatoms. The molecule has 0 amide bonds. The van der Waals surface area contributed by atoms with Crippen molar-refractivity contribution in [3.63, 3.8) is 0 Å². The standard InChI is InChI=1S/C14H30N2O/c1-4-14(2,11-15-3)12-16-9-5-7-13(16)8-6-10-17/h13,15,17H,4-12H2,1-3H3. The van der Waals surface area contributed by atoms with Crippen LogP contribution in [-0.2, 0) is 0 Å². The highest BCUT2D eigenvalue weighted by Gasteiger charge is 2.31. The van der Waals surface area contributed by atoms with Crippen LogP contribution in [0.25, 0.3) is 0 Å². The Morgan fingerprint density at radius 3 is 2.82 bits per heavy atom. The fraction of sp³-hybridized carbons (Fsp3) is 1.00. The number of nitrogens with one attached hydrogen (secondary N) is 1. The first-order valence-electron chi connectivity index (χ1n) is 7.14. The topological polar surface area (TPSA) is 35.5 Å². The van der Waals surface area contributed by atoms with Gasteiger partial charge in [0, 0.05) is 25.7 Å². The zero-order valence-electron chi connectivity index (χ0n) is 11.8. The monoisotopic (exact) mass is 242 g/mol. The van der Waals surface area contributed by atoms with Gasteiger partial charge in [0.15, 0.2) is 0 Å². The molecule has 0 bridgehead atoms. The number of hydrogen-bond donors (Lipinski definition) is 2. The quantitative estimate of drug-likeness (QED) is 0.682. The fourth-order valence-electron chi connectivity index (χ4n) is 2.97. The summed E-state index contributed by atoms with van der Waals surface area (Å²) in [6, 6.07) is 0.713. The van der Waals surface area contributed by atoms with Gasteiger partial charge in [0.05, 0.1) is 0 Å². The molecule has 0 saturated carbocycles. The summed E-state index contributed by atoms with van der Waals surface area (Å²) < 4.78 is 0. The van der Waals surface area contributed by atoms with Gasteiger partial charge < -0.3 is 10.4 Å². The molecule has 1 aliphatic rings. The normalized spacial score (nSPS) is 25.1. The lowest BCUT2D eigenvalue weighted by Gasteiger charge is -2.36. The van der Waals surface area contributed by atoms with Gasteiger partial charge in [0.1, 0.15) is 0 Å². The van der Waals surface area contributed by atoms with Crippen molar-refractivity contribution < 1.29 is 5.11 Å². The van der Waals surface area contributed by atoms with Crippen molar-refractivity contribution in [3.8, 4) is 0 Å². The SMILES string of the molecule is CCC(C)(CNC)CN1CCCC1CCCO. The minimum absolute atomic E-state index is 0.339. The first-order valence-corrected chi connectivity index (χ1v) is 7.14. The zero-order chi connectivity index (χ0) is 12.7. The second-order valence-electron chi connectivity index (χ2n) is 5.83. The van der Waals surface area contributed by atoms with Crippen LogP contribution >= 0.6 is 0 Å². The lowest BCUT2D eigenvalue weighted by molar-refractivity contribution is 0.136. The minimum Gasteiger partial charge on any atom is -0.396 e. The maximum Gasteiger partial charge on any atom is 0.0431 e. The number of aliphatic hydroxyl groups is 1. The van der Waals surface area contributed by atoms with Crippen molar-refractivity contribution in [3.05, 3.63) is 0 Å². The van der Waals surface area contributed by atoms with Crippen molar-refractivity contribution in [1.82, 2.24) is 10.2 Å². The van der Waals surface area contributed by atoms with Crippen LogP contribution in [0.4, 0.5) is 0 Å². The summed E-state index contributed by atoms with van der Waals surface area (Å²) in [6.07, 6.45) is 5.98. The van der Waals surface area contributed by atoms with E-state index in [2.05, 4.69) is 24.1 Å². The smallest absolute Gasteiger partial charge is 0.0431 e. The van der Waals surface area contributed by atoms with Gasteiger partial charge >= 0.3 is 0 Å². The minimum atomic E-state index is 0.339. The zero-order valence-corrected chi connectivity index (χ0v) is 11.8. The molecule has 0 aliphatic carbocycles. The Kier molecular flexibility index (Phi) is 6.45. The maximum atomic E-state index is 8.95. The van der Waals surface area contributed by atoms with Crippen LogP contribution < -0.4 is 5.32 Å². The molecular formula is C14H30N2O. The van der Waals surface area contributed by atoms with Gasteiger partial charge in [-0.25, -0.2) is 0 Å². The van der Waals surface area contributed by atoms with Crippen LogP contribution in [-0.4, -0.2) is 49.3 Å². The molecule has 3 nitrogen and oxygen atoms in total. The summed E-state index contributed by atoms with van der Waals surface area (Å²) in [5, 5.41) is 12.3. The van der Waals surface area contributed by atoms with E-state index in [9.17, 15) is 0 Å². The third-order valence-electron chi connectivity index (χ3n) is 4.24. The number of hydrogen-bond acceptors (Lipinski definition) is 3. The molecule has 0 spiro atoms. The number of likely N-dealkylation sites (tertiary alicyclic amines) is 1. The Morgan fingerprint density at radius 1 is 1.47 bits per heavy atom. The maximum absolute atomic E-state index is 8.95. The molecule has 0 radical (unpaired) electrons. The van der Waals surface area contributed by atoms with Gasteiger partial charge in [-0.3, -0.25) is 4.90 Å². The van der Waals surface area contributed by atoms with E-state index in [0.717, 1.165) is 19.4 Å². The van der Waals surface area contributed by atoms with E-state index in [1.807, 2.05) is 7.05 Å². The molecule has 17 heavy (non-hydrogen) atoms. The Hall–Kier alpha value is -0.120. The molecule has 102 valence electrons. The molecule has 0 aromatic rings. The summed E-state index contributed by atoms with van der Waals surface area (Å²) in [4.78, 5) is 2.65. The molecule has 1 saturated heterocycles. The number of nitrogens with zero attached hydrogens (tertiary/aromatic N) is 1. The predicted octanol–water partition coefficient (Wildman–Crippen LogP) is 1.86. The van der Waals surface area contributed by atoms with E-state index < -0.39 is 0 Å². The number of rotatable bonds is 8. The Labute approximate surface area is 107 Å². The van der Waals surface area contributed by atoms with Crippen molar-refractivity contribution in [2.45, 2.75) is 52.0 Å². The van der Waals surface area contributed by atoms with Gasteiger partial charge in [-0.2, -0.15) is 0 Å². The predicted molar refractivity (Wildman–Crippen MR) is 73.2 cm³/mol. The Bertz CT molecular complexity index is 210. The molecule has 1 aliphatic heterocycles. The van der Waals surface area contributed by atoms with Crippen molar-refractivity contribution in [1.29, 1.82) is 0 Å². The molecule has 1 fully saturated rings. The largest absolute Gasteiger partial charge is 0.396 e.